The van der Waals surface area contributed by atoms with Crippen molar-refractivity contribution in [3.63, 3.8) is 0 Å². The summed E-state index contributed by atoms with van der Waals surface area (Å²) >= 11 is 3.71. The monoisotopic (exact) mass is 210 g/mol. The summed E-state index contributed by atoms with van der Waals surface area (Å²) in [6.45, 7) is 0. The van der Waals surface area contributed by atoms with E-state index in [9.17, 15) is 4.79 Å². The van der Waals surface area contributed by atoms with E-state index in [0.29, 0.717) is 6.42 Å². The molecular formula is C6H13ClGeO. The van der Waals surface area contributed by atoms with Gasteiger partial charge >= 0.3 is 63.8 Å². The second-order valence-corrected chi connectivity index (χ2v) is 15.6. The molecule has 0 aromatic carbocycles. The summed E-state index contributed by atoms with van der Waals surface area (Å²) in [5.41, 5.74) is 0. The predicted octanol–water partition coefficient (Wildman–Crippen LogP) is 2.48. The van der Waals surface area contributed by atoms with Crippen LogP contribution in [0.3, 0.4) is 0 Å². The number of hydrogen-bond acceptors (Lipinski definition) is 1. The average molecular weight is 209 g/mol. The Morgan fingerprint density at radius 3 is 2.00 bits per heavy atom. The second kappa shape index (κ2) is 3.62. The summed E-state index contributed by atoms with van der Waals surface area (Å²) in [4.78, 5) is 10.3. The minimum absolute atomic E-state index is 0.185. The van der Waals surface area contributed by atoms with Gasteiger partial charge in [-0.2, -0.15) is 0 Å². The van der Waals surface area contributed by atoms with Gasteiger partial charge in [-0.05, 0) is 0 Å². The van der Waals surface area contributed by atoms with Crippen LogP contribution in [-0.4, -0.2) is 18.5 Å². The van der Waals surface area contributed by atoms with Gasteiger partial charge in [-0.25, -0.2) is 0 Å². The quantitative estimate of drug-likeness (QED) is 0.515. The van der Waals surface area contributed by atoms with Crippen LogP contribution in [0.1, 0.15) is 6.42 Å². The van der Waals surface area contributed by atoms with Crippen LogP contribution in [0.4, 0.5) is 0 Å². The first-order valence-corrected chi connectivity index (χ1v) is 11.3. The first kappa shape index (κ1) is 9.50. The predicted molar refractivity (Wildman–Crippen MR) is 43.6 cm³/mol. The van der Waals surface area contributed by atoms with Crippen LogP contribution < -0.4 is 0 Å². The van der Waals surface area contributed by atoms with Gasteiger partial charge in [-0.3, -0.25) is 0 Å². The molecule has 0 aliphatic carbocycles. The van der Waals surface area contributed by atoms with Gasteiger partial charge in [0.1, 0.15) is 0 Å². The number of carbonyl (C=O) groups is 1. The molecule has 0 aromatic heterocycles. The SMILES string of the molecule is [CH3][Ge]([CH3])([CH3])[CH2]CC(=O)Cl. The third-order valence-corrected chi connectivity index (χ3v) is 4.93. The molecule has 0 aliphatic rings. The molecule has 0 bridgehead atoms. The maximum absolute atomic E-state index is 10.3. The Kier molecular flexibility index (Phi) is 3.82. The Bertz CT molecular complexity index is 106. The van der Waals surface area contributed by atoms with Crippen molar-refractivity contribution in [3.8, 4) is 0 Å². The Morgan fingerprint density at radius 1 is 1.44 bits per heavy atom. The van der Waals surface area contributed by atoms with Gasteiger partial charge in [0.2, 0.25) is 0 Å². The first-order chi connectivity index (χ1) is 3.92. The van der Waals surface area contributed by atoms with Gasteiger partial charge in [-0.1, -0.05) is 0 Å². The Labute approximate surface area is 64.1 Å². The van der Waals surface area contributed by atoms with Crippen LogP contribution in [0.2, 0.25) is 22.5 Å². The molecule has 1 nitrogen and oxygen atoms in total. The number of carbonyl (C=O) groups excluding carboxylic acids is 1. The molecular weight excluding hydrogens is 196 g/mol. The fourth-order valence-corrected chi connectivity index (χ4v) is 2.95. The van der Waals surface area contributed by atoms with Gasteiger partial charge in [-0.15, -0.1) is 0 Å². The van der Waals surface area contributed by atoms with Crippen LogP contribution in [0, 0.1) is 0 Å². The zero-order valence-corrected chi connectivity index (χ0v) is 9.05. The summed E-state index contributed by atoms with van der Waals surface area (Å²) in [6.07, 6.45) is 0.574. The van der Waals surface area contributed by atoms with Crippen molar-refractivity contribution >= 4 is 30.1 Å². The molecule has 0 saturated heterocycles. The van der Waals surface area contributed by atoms with Gasteiger partial charge < -0.3 is 0 Å². The standard InChI is InChI=1S/C6H13ClGeO/c1-8(2,3)5-4-6(7)9/h4-5H2,1-3H3. The van der Waals surface area contributed by atoms with Crippen molar-refractivity contribution in [2.24, 2.45) is 0 Å². The van der Waals surface area contributed by atoms with Crippen molar-refractivity contribution in [1.29, 1.82) is 0 Å². The molecule has 3 heteroatoms. The number of rotatable bonds is 3. The van der Waals surface area contributed by atoms with E-state index in [0.717, 1.165) is 5.25 Å². The first-order valence-electron chi connectivity index (χ1n) is 3.10. The number of halogens is 1. The summed E-state index contributed by atoms with van der Waals surface area (Å²) < 4.78 is 0. The van der Waals surface area contributed by atoms with E-state index in [1.165, 1.54) is 0 Å². The topological polar surface area (TPSA) is 17.1 Å². The van der Waals surface area contributed by atoms with Crippen LogP contribution in [0.15, 0.2) is 0 Å². The van der Waals surface area contributed by atoms with Crippen LogP contribution in [0.25, 0.3) is 0 Å². The maximum atomic E-state index is 10.3. The molecule has 0 aromatic rings. The zero-order chi connectivity index (χ0) is 7.49. The molecule has 0 saturated carbocycles. The molecule has 0 atom stereocenters. The van der Waals surface area contributed by atoms with E-state index in [1.54, 1.807) is 0 Å². The van der Waals surface area contributed by atoms with E-state index >= 15 is 0 Å². The molecule has 0 radical (unpaired) electrons. The fourth-order valence-electron chi connectivity index (χ4n) is 0.473. The number of hydrogen-bond donors (Lipinski definition) is 0. The third kappa shape index (κ3) is 8.50. The van der Waals surface area contributed by atoms with Crippen LogP contribution >= 0.6 is 11.6 Å². The third-order valence-electron chi connectivity index (χ3n) is 1.07. The van der Waals surface area contributed by atoms with E-state index in [4.69, 9.17) is 11.6 Å². The molecule has 9 heavy (non-hydrogen) atoms. The van der Waals surface area contributed by atoms with Crippen LogP contribution in [0.5, 0.6) is 0 Å². The van der Waals surface area contributed by atoms with E-state index < -0.39 is 13.3 Å². The minimum atomic E-state index is -1.46. The zero-order valence-electron chi connectivity index (χ0n) is 6.20. The summed E-state index contributed by atoms with van der Waals surface area (Å²) in [5, 5.41) is 0.873. The molecule has 0 heterocycles. The normalized spacial score (nSPS) is 11.6. The van der Waals surface area contributed by atoms with Gasteiger partial charge in [0.05, 0.1) is 0 Å². The van der Waals surface area contributed by atoms with E-state index in [2.05, 4.69) is 17.3 Å². The van der Waals surface area contributed by atoms with E-state index in [-0.39, 0.29) is 5.24 Å². The van der Waals surface area contributed by atoms with Crippen molar-refractivity contribution in [2.45, 2.75) is 28.9 Å². The van der Waals surface area contributed by atoms with Gasteiger partial charge in [0.15, 0.2) is 0 Å². The van der Waals surface area contributed by atoms with Crippen molar-refractivity contribution in [1.82, 2.24) is 0 Å². The molecule has 0 amide bonds. The molecule has 0 N–H and O–H groups in total. The summed E-state index contributed by atoms with van der Waals surface area (Å²) in [7, 11) is 0. The van der Waals surface area contributed by atoms with Crippen molar-refractivity contribution < 1.29 is 4.79 Å². The molecule has 0 spiro atoms. The Morgan fingerprint density at radius 2 is 1.89 bits per heavy atom. The second-order valence-electron chi connectivity index (χ2n) is 3.42. The Hall–Kier alpha value is 0.503. The Balaban J connectivity index is 3.39. The summed E-state index contributed by atoms with van der Waals surface area (Å²) in [5.74, 6) is 6.83. The molecule has 0 unspecified atom stereocenters. The van der Waals surface area contributed by atoms with Crippen molar-refractivity contribution in [2.75, 3.05) is 0 Å². The molecule has 0 rings (SSSR count). The molecule has 0 aliphatic heterocycles. The molecule has 54 valence electrons. The van der Waals surface area contributed by atoms with Crippen molar-refractivity contribution in [3.05, 3.63) is 0 Å². The fraction of sp³-hybridized carbons (Fsp3) is 0.833. The van der Waals surface area contributed by atoms with E-state index in [1.807, 2.05) is 0 Å². The van der Waals surface area contributed by atoms with Crippen LogP contribution in [-0.2, 0) is 4.79 Å². The van der Waals surface area contributed by atoms with Gasteiger partial charge in [0.25, 0.3) is 0 Å². The van der Waals surface area contributed by atoms with Gasteiger partial charge in [0, 0.05) is 0 Å². The summed E-state index contributed by atoms with van der Waals surface area (Å²) in [6, 6.07) is 0. The average Bonchev–Trinajstić information content (AvgIpc) is 1.59. The molecule has 0 fully saturated rings.